The van der Waals surface area contributed by atoms with Crippen LogP contribution in [0, 0.1) is 17.8 Å². The zero-order valence-corrected chi connectivity index (χ0v) is 25.6. The highest BCUT2D eigenvalue weighted by atomic mass is 79.9. The van der Waals surface area contributed by atoms with Crippen molar-refractivity contribution >= 4 is 50.9 Å². The van der Waals surface area contributed by atoms with Crippen molar-refractivity contribution in [3.8, 4) is 5.75 Å². The number of aliphatic hydroxyl groups excluding tert-OH is 1. The van der Waals surface area contributed by atoms with Crippen LogP contribution in [0.5, 0.6) is 5.75 Å². The monoisotopic (exact) mass is 642 g/mol. The number of allylic oxidation sites excluding steroid dienone is 1. The molecule has 8 heteroatoms. The summed E-state index contributed by atoms with van der Waals surface area (Å²) < 4.78 is 7.18. The molecule has 43 heavy (non-hydrogen) atoms. The van der Waals surface area contributed by atoms with E-state index in [-0.39, 0.29) is 36.2 Å². The van der Waals surface area contributed by atoms with E-state index in [1.54, 1.807) is 24.3 Å². The van der Waals surface area contributed by atoms with Gasteiger partial charge in [-0.2, -0.15) is 0 Å². The second-order valence-electron chi connectivity index (χ2n) is 11.4. The number of imide groups is 1. The number of carbonyl (C=O) groups is 2. The molecule has 2 saturated heterocycles. The number of halogens is 1. The van der Waals surface area contributed by atoms with E-state index in [1.807, 2.05) is 54.6 Å². The maximum absolute atomic E-state index is 13.9. The lowest BCUT2D eigenvalue weighted by molar-refractivity contribution is -0.122. The molecule has 4 atom stereocenters. The maximum Gasteiger partial charge on any atom is 0.238 e. The number of hydrogen-bond acceptors (Lipinski definition) is 6. The Hall–Kier alpha value is -3.72. The van der Waals surface area contributed by atoms with Gasteiger partial charge in [0.2, 0.25) is 11.8 Å². The van der Waals surface area contributed by atoms with Crippen LogP contribution in [-0.2, 0) is 14.3 Å². The first-order valence-corrected chi connectivity index (χ1v) is 15.6. The Morgan fingerprint density at radius 3 is 2.49 bits per heavy atom. The molecule has 0 unspecified atom stereocenters. The SMILES string of the molecule is CC/C(=C\c1cc(Br)ccc1O)CC[C@H]1OC[C@H]2C1=C(CO)C[C@H]1C(=O)N(c3ccc(Nc4ccccc4)cc3)C(=O)[C@H]12. The van der Waals surface area contributed by atoms with Crippen LogP contribution < -0.4 is 10.2 Å². The zero-order chi connectivity index (χ0) is 30.1. The van der Waals surface area contributed by atoms with Crippen molar-refractivity contribution in [2.45, 2.75) is 38.7 Å². The summed E-state index contributed by atoms with van der Waals surface area (Å²) in [6.45, 7) is 2.29. The molecule has 3 aliphatic rings. The molecule has 2 heterocycles. The number of phenols is 1. The Morgan fingerprint density at radius 2 is 1.77 bits per heavy atom. The molecule has 0 spiro atoms. The van der Waals surface area contributed by atoms with Gasteiger partial charge in [-0.1, -0.05) is 52.7 Å². The third-order valence-corrected chi connectivity index (χ3v) is 9.41. The van der Waals surface area contributed by atoms with Crippen molar-refractivity contribution in [1.82, 2.24) is 0 Å². The molecule has 3 aromatic rings. The van der Waals surface area contributed by atoms with E-state index < -0.39 is 11.8 Å². The van der Waals surface area contributed by atoms with Crippen LogP contribution in [0.2, 0.25) is 0 Å². The van der Waals surface area contributed by atoms with Crippen LogP contribution in [0.25, 0.3) is 6.08 Å². The first-order chi connectivity index (χ1) is 20.9. The molecule has 6 rings (SSSR count). The lowest BCUT2D eigenvalue weighted by Crippen LogP contribution is -2.35. The molecule has 0 bridgehead atoms. The minimum absolute atomic E-state index is 0.154. The minimum atomic E-state index is -0.501. The molecule has 0 radical (unpaired) electrons. The Kier molecular flexibility index (Phi) is 8.52. The molecule has 1 aliphatic carbocycles. The van der Waals surface area contributed by atoms with E-state index in [2.05, 4.69) is 28.2 Å². The van der Waals surface area contributed by atoms with Crippen LogP contribution in [-0.4, -0.2) is 41.3 Å². The van der Waals surface area contributed by atoms with Crippen LogP contribution in [0.15, 0.2) is 94.0 Å². The van der Waals surface area contributed by atoms with Crippen LogP contribution >= 0.6 is 15.9 Å². The number of carbonyl (C=O) groups excluding carboxylic acids is 2. The second-order valence-corrected chi connectivity index (χ2v) is 12.3. The number of phenolic OH excluding ortho intramolecular Hbond substituents is 1. The second kappa shape index (κ2) is 12.5. The lowest BCUT2D eigenvalue weighted by Gasteiger charge is -2.31. The van der Waals surface area contributed by atoms with E-state index in [9.17, 15) is 19.8 Å². The predicted molar refractivity (Wildman–Crippen MR) is 171 cm³/mol. The first kappa shape index (κ1) is 29.4. The summed E-state index contributed by atoms with van der Waals surface area (Å²) in [6, 6.07) is 22.5. The Balaban J connectivity index is 1.18. The maximum atomic E-state index is 13.9. The highest BCUT2D eigenvalue weighted by Gasteiger charge is 2.57. The van der Waals surface area contributed by atoms with Gasteiger partial charge < -0.3 is 20.3 Å². The molecule has 2 fully saturated rings. The Labute approximate surface area is 260 Å². The minimum Gasteiger partial charge on any atom is -0.507 e. The number of para-hydroxylation sites is 1. The number of anilines is 3. The van der Waals surface area contributed by atoms with Gasteiger partial charge >= 0.3 is 0 Å². The van der Waals surface area contributed by atoms with Gasteiger partial charge in [0.05, 0.1) is 36.8 Å². The number of hydrogen-bond donors (Lipinski definition) is 3. The Bertz CT molecular complexity index is 1580. The number of benzene rings is 3. The van der Waals surface area contributed by atoms with E-state index in [1.165, 1.54) is 10.5 Å². The van der Waals surface area contributed by atoms with E-state index >= 15 is 0 Å². The van der Waals surface area contributed by atoms with Crippen molar-refractivity contribution < 1.29 is 24.5 Å². The molecule has 0 aromatic heterocycles. The molecule has 2 amide bonds. The standard InChI is InChI=1S/C35H35BrN2O5/c1-2-21(16-22-17-24(36)9-14-30(22)40)8-15-31-32-23(19-39)18-28-33(29(32)20-43-31)35(42)38(34(28)41)27-12-10-26(11-13-27)37-25-6-4-3-5-7-25/h3-7,9-14,16-17,28-29,31,33,37,39-40H,2,8,15,18-20H2,1H3/b21-16+/t28-,29+,31-,33-/m1/s1. The van der Waals surface area contributed by atoms with Gasteiger partial charge in [-0.3, -0.25) is 14.5 Å². The fourth-order valence-corrected chi connectivity index (χ4v) is 7.16. The van der Waals surface area contributed by atoms with Crippen molar-refractivity contribution in [2.24, 2.45) is 17.8 Å². The van der Waals surface area contributed by atoms with E-state index in [0.29, 0.717) is 25.1 Å². The van der Waals surface area contributed by atoms with Gasteiger partial charge in [0.25, 0.3) is 0 Å². The number of nitrogens with zero attached hydrogens (tertiary/aromatic N) is 1. The van der Waals surface area contributed by atoms with Crippen LogP contribution in [0.4, 0.5) is 17.1 Å². The van der Waals surface area contributed by atoms with Crippen molar-refractivity contribution in [1.29, 1.82) is 0 Å². The summed E-state index contributed by atoms with van der Waals surface area (Å²) in [5, 5.41) is 24.0. The van der Waals surface area contributed by atoms with E-state index in [0.717, 1.165) is 45.4 Å². The highest BCUT2D eigenvalue weighted by molar-refractivity contribution is 9.10. The molecular weight excluding hydrogens is 608 g/mol. The fraction of sp³-hybridized carbons (Fsp3) is 0.314. The fourth-order valence-electron chi connectivity index (χ4n) is 6.78. The lowest BCUT2D eigenvalue weighted by atomic mass is 9.69. The van der Waals surface area contributed by atoms with Crippen molar-refractivity contribution in [2.75, 3.05) is 23.4 Å². The summed E-state index contributed by atoms with van der Waals surface area (Å²) >= 11 is 3.47. The van der Waals surface area contributed by atoms with Crippen LogP contribution in [0.3, 0.4) is 0 Å². The third kappa shape index (κ3) is 5.79. The van der Waals surface area contributed by atoms with E-state index in [4.69, 9.17) is 4.74 Å². The van der Waals surface area contributed by atoms with Gasteiger partial charge in [-0.05, 0) is 91.4 Å². The number of aromatic hydroxyl groups is 1. The molecule has 222 valence electrons. The van der Waals surface area contributed by atoms with Gasteiger partial charge in [0.1, 0.15) is 5.75 Å². The van der Waals surface area contributed by atoms with Gasteiger partial charge in [-0.25, -0.2) is 0 Å². The largest absolute Gasteiger partial charge is 0.507 e. The number of rotatable bonds is 9. The molecule has 3 aromatic carbocycles. The van der Waals surface area contributed by atoms with Gasteiger partial charge in [0.15, 0.2) is 0 Å². The average Bonchev–Trinajstić information content (AvgIpc) is 3.55. The quantitative estimate of drug-likeness (QED) is 0.172. The molecular formula is C35H35BrN2O5. The average molecular weight is 644 g/mol. The smallest absolute Gasteiger partial charge is 0.238 e. The molecule has 2 aliphatic heterocycles. The summed E-state index contributed by atoms with van der Waals surface area (Å²) in [5.41, 5.74) is 6.11. The normalized spacial score (nSPS) is 23.5. The number of fused-ring (bicyclic) bond motifs is 3. The summed E-state index contributed by atoms with van der Waals surface area (Å²) in [4.78, 5) is 28.8. The number of nitrogens with one attached hydrogen (secondary N) is 1. The third-order valence-electron chi connectivity index (χ3n) is 8.92. The van der Waals surface area contributed by atoms with Crippen molar-refractivity contribution in [3.05, 3.63) is 99.6 Å². The highest BCUT2D eigenvalue weighted by Crippen LogP contribution is 2.50. The Morgan fingerprint density at radius 1 is 1.02 bits per heavy atom. The molecule has 3 N–H and O–H groups in total. The summed E-state index contributed by atoms with van der Waals surface area (Å²) in [5.74, 6) is -1.40. The summed E-state index contributed by atoms with van der Waals surface area (Å²) in [7, 11) is 0. The summed E-state index contributed by atoms with van der Waals surface area (Å²) in [6.07, 6.45) is 4.42. The predicted octanol–water partition coefficient (Wildman–Crippen LogP) is 6.99. The van der Waals surface area contributed by atoms with Crippen molar-refractivity contribution in [3.63, 3.8) is 0 Å². The zero-order valence-electron chi connectivity index (χ0n) is 24.0. The number of aliphatic hydroxyl groups is 1. The van der Waals surface area contributed by atoms with Gasteiger partial charge in [0, 0.05) is 27.3 Å². The number of amides is 2. The molecule has 0 saturated carbocycles. The topological polar surface area (TPSA) is 99.1 Å². The first-order valence-electron chi connectivity index (χ1n) is 14.8. The van der Waals surface area contributed by atoms with Crippen LogP contribution in [0.1, 0.15) is 38.2 Å². The molecule has 7 nitrogen and oxygen atoms in total. The number of ether oxygens (including phenoxy) is 1. The van der Waals surface area contributed by atoms with Gasteiger partial charge in [-0.15, -0.1) is 0 Å².